The highest BCUT2D eigenvalue weighted by Crippen LogP contribution is 2.28. The number of phenolic OH excluding ortho intramolecular Hbond substituents is 1. The van der Waals surface area contributed by atoms with Crippen LogP contribution in [-0.2, 0) is 12.8 Å². The van der Waals surface area contributed by atoms with Crippen LogP contribution in [0.5, 0.6) is 5.75 Å². The molecule has 1 aromatic rings. The van der Waals surface area contributed by atoms with E-state index >= 15 is 0 Å². The lowest BCUT2D eigenvalue weighted by Crippen LogP contribution is -2.35. The van der Waals surface area contributed by atoms with Gasteiger partial charge in [-0.3, -0.25) is 0 Å². The summed E-state index contributed by atoms with van der Waals surface area (Å²) in [6, 6.07) is 6.55. The Morgan fingerprint density at radius 3 is 2.33 bits per heavy atom. The number of rotatable bonds is 12. The van der Waals surface area contributed by atoms with Crippen LogP contribution in [0.15, 0.2) is 18.2 Å². The van der Waals surface area contributed by atoms with Crippen LogP contribution in [0, 0.1) is 0 Å². The Labute approximate surface area is 149 Å². The third-order valence-electron chi connectivity index (χ3n) is 5.42. The fraction of sp³-hybridized carbons (Fsp3) is 0.727. The summed E-state index contributed by atoms with van der Waals surface area (Å²) in [6.45, 7) is 3.43. The van der Waals surface area contributed by atoms with Crippen molar-refractivity contribution < 1.29 is 5.11 Å². The third kappa shape index (κ3) is 6.84. The highest BCUT2D eigenvalue weighted by molar-refractivity contribution is 5.41. The van der Waals surface area contributed by atoms with Gasteiger partial charge >= 0.3 is 0 Å². The third-order valence-corrected chi connectivity index (χ3v) is 5.42. The normalized spacial score (nSPS) is 17.0. The van der Waals surface area contributed by atoms with Gasteiger partial charge in [-0.2, -0.15) is 0 Å². The van der Waals surface area contributed by atoms with Gasteiger partial charge in [0, 0.05) is 6.04 Å². The first kappa shape index (κ1) is 19.3. The number of unbranched alkanes of at least 4 members (excludes halogenated alkanes) is 9. The maximum absolute atomic E-state index is 9.90. The summed E-state index contributed by atoms with van der Waals surface area (Å²) < 4.78 is 0. The average Bonchev–Trinajstić information content (AvgIpc) is 2.60. The molecule has 2 heteroatoms. The smallest absolute Gasteiger partial charge is 0.119 e. The molecule has 0 aliphatic heterocycles. The van der Waals surface area contributed by atoms with Crippen LogP contribution in [0.3, 0.4) is 0 Å². The molecule has 0 aromatic heterocycles. The minimum Gasteiger partial charge on any atom is -0.508 e. The van der Waals surface area contributed by atoms with E-state index in [0.717, 1.165) is 25.8 Å². The maximum atomic E-state index is 9.90. The van der Waals surface area contributed by atoms with Gasteiger partial charge in [0.05, 0.1) is 0 Å². The topological polar surface area (TPSA) is 32.3 Å². The lowest BCUT2D eigenvalue weighted by Gasteiger charge is -2.26. The van der Waals surface area contributed by atoms with Crippen molar-refractivity contribution in [3.05, 3.63) is 29.3 Å². The monoisotopic (exact) mass is 331 g/mol. The zero-order chi connectivity index (χ0) is 17.0. The lowest BCUT2D eigenvalue weighted by atomic mass is 9.87. The molecule has 0 amide bonds. The van der Waals surface area contributed by atoms with Gasteiger partial charge in [0.25, 0.3) is 0 Å². The SMILES string of the molecule is CCCCCCCCCCCCNC1CCc2c(O)cccc2C1. The molecule has 0 bridgehead atoms. The molecule has 1 aromatic carbocycles. The largest absolute Gasteiger partial charge is 0.508 e. The highest BCUT2D eigenvalue weighted by Gasteiger charge is 2.19. The fourth-order valence-electron chi connectivity index (χ4n) is 3.88. The Balaban J connectivity index is 1.46. The minimum absolute atomic E-state index is 0.487. The van der Waals surface area contributed by atoms with Crippen LogP contribution >= 0.6 is 0 Å². The van der Waals surface area contributed by atoms with E-state index in [4.69, 9.17) is 0 Å². The van der Waals surface area contributed by atoms with Crippen molar-refractivity contribution in [2.75, 3.05) is 6.54 Å². The first-order valence-corrected chi connectivity index (χ1v) is 10.3. The standard InChI is InChI=1S/C22H37NO/c1-2-3-4-5-6-7-8-9-10-11-17-23-20-15-16-21-19(18-20)13-12-14-22(21)24/h12-14,20,23-24H,2-11,15-18H2,1H3. The van der Waals surface area contributed by atoms with E-state index in [1.165, 1.54) is 75.3 Å². The van der Waals surface area contributed by atoms with Gasteiger partial charge in [0.2, 0.25) is 0 Å². The number of fused-ring (bicyclic) bond motifs is 1. The molecule has 2 rings (SSSR count). The van der Waals surface area contributed by atoms with E-state index in [9.17, 15) is 5.11 Å². The molecule has 0 fully saturated rings. The summed E-state index contributed by atoms with van der Waals surface area (Å²) in [5.41, 5.74) is 2.51. The van der Waals surface area contributed by atoms with Crippen molar-refractivity contribution in [2.45, 2.75) is 96.4 Å². The molecular weight excluding hydrogens is 294 g/mol. The first-order chi connectivity index (χ1) is 11.8. The van der Waals surface area contributed by atoms with E-state index in [1.807, 2.05) is 12.1 Å². The molecule has 24 heavy (non-hydrogen) atoms. The summed E-state index contributed by atoms with van der Waals surface area (Å²) >= 11 is 0. The summed E-state index contributed by atoms with van der Waals surface area (Å²) in [5, 5.41) is 13.6. The van der Waals surface area contributed by atoms with Crippen LogP contribution in [0.2, 0.25) is 0 Å². The van der Waals surface area contributed by atoms with E-state index in [1.54, 1.807) is 0 Å². The quantitative estimate of drug-likeness (QED) is 0.477. The predicted octanol–water partition coefficient (Wildman–Crippen LogP) is 5.76. The number of aromatic hydroxyl groups is 1. The molecule has 2 nitrogen and oxygen atoms in total. The van der Waals surface area contributed by atoms with Crippen molar-refractivity contribution in [1.82, 2.24) is 5.32 Å². The molecule has 0 radical (unpaired) electrons. The Morgan fingerprint density at radius 2 is 1.62 bits per heavy atom. The summed E-state index contributed by atoms with van der Waals surface area (Å²) in [6.07, 6.45) is 17.2. The van der Waals surface area contributed by atoms with Crippen molar-refractivity contribution in [3.63, 3.8) is 0 Å². The Bertz CT molecular complexity index is 457. The number of hydrogen-bond acceptors (Lipinski definition) is 2. The number of nitrogens with one attached hydrogen (secondary N) is 1. The van der Waals surface area contributed by atoms with Gasteiger partial charge in [0.15, 0.2) is 0 Å². The van der Waals surface area contributed by atoms with Crippen LogP contribution in [0.1, 0.15) is 88.7 Å². The molecule has 1 aliphatic rings. The molecule has 2 N–H and O–H groups in total. The van der Waals surface area contributed by atoms with Crippen LogP contribution in [-0.4, -0.2) is 17.7 Å². The number of benzene rings is 1. The van der Waals surface area contributed by atoms with Gasteiger partial charge in [-0.15, -0.1) is 0 Å². The zero-order valence-electron chi connectivity index (χ0n) is 15.7. The second-order valence-electron chi connectivity index (χ2n) is 7.49. The Kier molecular flexibility index (Phi) is 9.27. The lowest BCUT2D eigenvalue weighted by molar-refractivity contribution is 0.426. The van der Waals surface area contributed by atoms with Crippen LogP contribution < -0.4 is 5.32 Å². The molecule has 0 saturated carbocycles. The van der Waals surface area contributed by atoms with Gasteiger partial charge in [-0.05, 0) is 49.4 Å². The average molecular weight is 332 g/mol. The molecule has 1 unspecified atom stereocenters. The van der Waals surface area contributed by atoms with Gasteiger partial charge in [-0.25, -0.2) is 0 Å². The van der Waals surface area contributed by atoms with E-state index in [2.05, 4.69) is 18.3 Å². The maximum Gasteiger partial charge on any atom is 0.119 e. The highest BCUT2D eigenvalue weighted by atomic mass is 16.3. The first-order valence-electron chi connectivity index (χ1n) is 10.3. The molecule has 1 atom stereocenters. The van der Waals surface area contributed by atoms with Crippen molar-refractivity contribution in [1.29, 1.82) is 0 Å². The Morgan fingerprint density at radius 1 is 0.958 bits per heavy atom. The van der Waals surface area contributed by atoms with Crippen molar-refractivity contribution >= 4 is 0 Å². The van der Waals surface area contributed by atoms with Gasteiger partial charge in [0.1, 0.15) is 5.75 Å². The second kappa shape index (κ2) is 11.5. The van der Waals surface area contributed by atoms with Crippen LogP contribution in [0.4, 0.5) is 0 Å². The van der Waals surface area contributed by atoms with Crippen molar-refractivity contribution in [2.24, 2.45) is 0 Å². The number of phenols is 1. The molecule has 0 heterocycles. The van der Waals surface area contributed by atoms with E-state index in [-0.39, 0.29) is 0 Å². The van der Waals surface area contributed by atoms with Crippen LogP contribution in [0.25, 0.3) is 0 Å². The summed E-state index contributed by atoms with van der Waals surface area (Å²) in [5.74, 6) is 0.487. The van der Waals surface area contributed by atoms with Crippen molar-refractivity contribution in [3.8, 4) is 5.75 Å². The minimum atomic E-state index is 0.487. The molecule has 0 spiro atoms. The second-order valence-corrected chi connectivity index (χ2v) is 7.49. The fourth-order valence-corrected chi connectivity index (χ4v) is 3.88. The Hall–Kier alpha value is -1.02. The van der Waals surface area contributed by atoms with Gasteiger partial charge in [-0.1, -0.05) is 76.8 Å². The number of hydrogen-bond donors (Lipinski definition) is 2. The molecule has 0 saturated heterocycles. The molecule has 1 aliphatic carbocycles. The van der Waals surface area contributed by atoms with E-state index in [0.29, 0.717) is 11.8 Å². The zero-order valence-corrected chi connectivity index (χ0v) is 15.7. The van der Waals surface area contributed by atoms with E-state index < -0.39 is 0 Å². The predicted molar refractivity (Wildman–Crippen MR) is 104 cm³/mol. The summed E-state index contributed by atoms with van der Waals surface area (Å²) in [7, 11) is 0. The summed E-state index contributed by atoms with van der Waals surface area (Å²) in [4.78, 5) is 0. The molecule has 136 valence electrons. The van der Waals surface area contributed by atoms with Gasteiger partial charge < -0.3 is 10.4 Å². The molecular formula is C22H37NO.